The minimum absolute atomic E-state index is 0.103. The molecule has 0 saturated carbocycles. The molecule has 0 bridgehead atoms. The van der Waals surface area contributed by atoms with Crippen molar-refractivity contribution in [3.63, 3.8) is 0 Å². The van der Waals surface area contributed by atoms with Crippen molar-refractivity contribution in [1.82, 2.24) is 24.0 Å². The molecule has 158 valence electrons. The highest BCUT2D eigenvalue weighted by atomic mass is 19.4. The molecule has 0 aromatic carbocycles. The van der Waals surface area contributed by atoms with E-state index >= 15 is 0 Å². The number of hydrogen-bond donors (Lipinski definition) is 1. The van der Waals surface area contributed by atoms with E-state index in [2.05, 4.69) is 22.1 Å². The van der Waals surface area contributed by atoms with Crippen molar-refractivity contribution in [2.24, 2.45) is 7.05 Å². The third-order valence-electron chi connectivity index (χ3n) is 4.87. The topological polar surface area (TPSA) is 77.1 Å². The van der Waals surface area contributed by atoms with Crippen molar-refractivity contribution in [2.45, 2.75) is 39.0 Å². The first-order chi connectivity index (χ1) is 13.7. The second kappa shape index (κ2) is 8.32. The molecule has 2 aromatic heterocycles. The van der Waals surface area contributed by atoms with Crippen LogP contribution in [0.1, 0.15) is 19.8 Å². The Balaban J connectivity index is 2.17. The number of anilines is 1. The number of aromatic nitrogens is 4. The first-order valence-corrected chi connectivity index (χ1v) is 9.36. The maximum atomic E-state index is 12.8. The molecule has 29 heavy (non-hydrogen) atoms. The summed E-state index contributed by atoms with van der Waals surface area (Å²) in [5, 5.41) is 3.23. The van der Waals surface area contributed by atoms with Crippen LogP contribution in [0.4, 0.5) is 19.1 Å². The number of halogens is 3. The van der Waals surface area contributed by atoms with Gasteiger partial charge in [0.2, 0.25) is 5.95 Å². The number of nitrogens with zero attached hydrogens (tertiary/aromatic N) is 5. The molecular formula is C18H23F3N6O2. The molecule has 1 N–H and O–H groups in total. The van der Waals surface area contributed by atoms with E-state index in [1.165, 1.54) is 7.05 Å². The maximum absolute atomic E-state index is 12.8. The standard InChI is InChI=1S/C18H23F3N6O2/c1-3-4-9-26-13-14(23-16(26)25-11-7-22-8-12-25)27(10-5-6-18(19,20)21)17(29)24(2)15(13)28/h22H,5-12H2,1-2H3. The molecule has 0 unspecified atom stereocenters. The summed E-state index contributed by atoms with van der Waals surface area (Å²) >= 11 is 0. The summed E-state index contributed by atoms with van der Waals surface area (Å²) in [6.45, 7) is 4.47. The Morgan fingerprint density at radius 3 is 2.48 bits per heavy atom. The molecule has 1 saturated heterocycles. The Morgan fingerprint density at radius 1 is 1.17 bits per heavy atom. The summed E-state index contributed by atoms with van der Waals surface area (Å²) in [5.41, 5.74) is -0.936. The average molecular weight is 412 g/mol. The zero-order valence-corrected chi connectivity index (χ0v) is 16.3. The summed E-state index contributed by atoms with van der Waals surface area (Å²) in [7, 11) is 1.32. The van der Waals surface area contributed by atoms with Crippen LogP contribution in [0.3, 0.4) is 0 Å². The van der Waals surface area contributed by atoms with Gasteiger partial charge in [-0.1, -0.05) is 5.92 Å². The molecule has 1 aliphatic heterocycles. The largest absolute Gasteiger partial charge is 0.389 e. The molecule has 0 amide bonds. The number of alkyl halides is 3. The summed E-state index contributed by atoms with van der Waals surface area (Å²) in [4.78, 5) is 32.0. The van der Waals surface area contributed by atoms with E-state index in [4.69, 9.17) is 0 Å². The molecule has 3 rings (SSSR count). The number of piperazine rings is 1. The molecule has 8 nitrogen and oxygen atoms in total. The summed E-state index contributed by atoms with van der Waals surface area (Å²) < 4.78 is 41.5. The van der Waals surface area contributed by atoms with Gasteiger partial charge in [0.1, 0.15) is 0 Å². The lowest BCUT2D eigenvalue weighted by molar-refractivity contribution is -0.135. The Bertz CT molecular complexity index is 1060. The Hall–Kier alpha value is -2.74. The van der Waals surface area contributed by atoms with Gasteiger partial charge < -0.3 is 10.2 Å². The van der Waals surface area contributed by atoms with Crippen LogP contribution in [0.25, 0.3) is 11.2 Å². The van der Waals surface area contributed by atoms with Crippen LogP contribution >= 0.6 is 0 Å². The number of nitrogens with one attached hydrogen (secondary N) is 1. The molecule has 2 aromatic rings. The minimum Gasteiger partial charge on any atom is -0.340 e. The summed E-state index contributed by atoms with van der Waals surface area (Å²) in [6, 6.07) is 0. The Kier molecular flexibility index (Phi) is 6.02. The molecule has 0 aliphatic carbocycles. The second-order valence-corrected chi connectivity index (χ2v) is 6.85. The number of aryl methyl sites for hydroxylation is 1. The van der Waals surface area contributed by atoms with Gasteiger partial charge in [0.25, 0.3) is 5.56 Å². The smallest absolute Gasteiger partial charge is 0.340 e. The predicted molar refractivity (Wildman–Crippen MR) is 103 cm³/mol. The fraction of sp³-hybridized carbons (Fsp3) is 0.611. The van der Waals surface area contributed by atoms with Gasteiger partial charge in [-0.25, -0.2) is 4.79 Å². The van der Waals surface area contributed by atoms with E-state index < -0.39 is 23.8 Å². The maximum Gasteiger partial charge on any atom is 0.389 e. The molecule has 0 radical (unpaired) electrons. The van der Waals surface area contributed by atoms with Crippen molar-refractivity contribution in [2.75, 3.05) is 31.1 Å². The summed E-state index contributed by atoms with van der Waals surface area (Å²) in [6.07, 6.45) is -5.61. The average Bonchev–Trinajstić information content (AvgIpc) is 3.06. The van der Waals surface area contributed by atoms with Crippen LogP contribution in [-0.4, -0.2) is 51.0 Å². The van der Waals surface area contributed by atoms with Crippen molar-refractivity contribution < 1.29 is 13.2 Å². The lowest BCUT2D eigenvalue weighted by Gasteiger charge is -2.28. The van der Waals surface area contributed by atoms with Crippen LogP contribution in [0.15, 0.2) is 9.59 Å². The van der Waals surface area contributed by atoms with Crippen LogP contribution in [-0.2, 0) is 20.1 Å². The van der Waals surface area contributed by atoms with E-state index in [9.17, 15) is 22.8 Å². The summed E-state index contributed by atoms with van der Waals surface area (Å²) in [5.74, 6) is 6.19. The lowest BCUT2D eigenvalue weighted by atomic mass is 10.3. The van der Waals surface area contributed by atoms with Gasteiger partial charge in [-0.2, -0.15) is 18.2 Å². The zero-order chi connectivity index (χ0) is 21.2. The van der Waals surface area contributed by atoms with Gasteiger partial charge in [0.05, 0.1) is 6.54 Å². The van der Waals surface area contributed by atoms with E-state index in [0.29, 0.717) is 19.0 Å². The Morgan fingerprint density at radius 2 is 1.86 bits per heavy atom. The van der Waals surface area contributed by atoms with Gasteiger partial charge in [0, 0.05) is 46.2 Å². The quantitative estimate of drug-likeness (QED) is 0.731. The van der Waals surface area contributed by atoms with E-state index in [0.717, 1.165) is 22.2 Å². The number of rotatable bonds is 5. The molecule has 0 spiro atoms. The van der Waals surface area contributed by atoms with Crippen molar-refractivity contribution in [3.05, 3.63) is 20.8 Å². The van der Waals surface area contributed by atoms with E-state index in [1.54, 1.807) is 11.5 Å². The third kappa shape index (κ3) is 4.32. The van der Waals surface area contributed by atoms with Gasteiger partial charge in [-0.3, -0.25) is 18.5 Å². The highest BCUT2D eigenvalue weighted by Crippen LogP contribution is 2.23. The minimum atomic E-state index is -4.31. The van der Waals surface area contributed by atoms with Gasteiger partial charge in [-0.15, -0.1) is 5.92 Å². The first-order valence-electron chi connectivity index (χ1n) is 9.36. The lowest BCUT2D eigenvalue weighted by Crippen LogP contribution is -2.44. The van der Waals surface area contributed by atoms with Crippen LogP contribution in [0, 0.1) is 11.8 Å². The molecule has 3 heterocycles. The second-order valence-electron chi connectivity index (χ2n) is 6.85. The highest BCUT2D eigenvalue weighted by Gasteiger charge is 2.28. The number of fused-ring (bicyclic) bond motifs is 1. The molecule has 1 aliphatic rings. The first kappa shape index (κ1) is 21.0. The van der Waals surface area contributed by atoms with Gasteiger partial charge in [-0.05, 0) is 13.3 Å². The van der Waals surface area contributed by atoms with E-state index in [1.807, 2.05) is 4.90 Å². The highest BCUT2D eigenvalue weighted by molar-refractivity contribution is 5.75. The van der Waals surface area contributed by atoms with Crippen LogP contribution in [0.5, 0.6) is 0 Å². The molecular weight excluding hydrogens is 389 g/mol. The molecule has 0 atom stereocenters. The molecule has 1 fully saturated rings. The van der Waals surface area contributed by atoms with Gasteiger partial charge in [0.15, 0.2) is 11.2 Å². The van der Waals surface area contributed by atoms with Crippen molar-refractivity contribution in [1.29, 1.82) is 0 Å². The van der Waals surface area contributed by atoms with Crippen molar-refractivity contribution in [3.8, 4) is 11.8 Å². The third-order valence-corrected chi connectivity index (χ3v) is 4.87. The normalized spacial score (nSPS) is 14.9. The SMILES string of the molecule is CC#CCn1c(N2CCNCC2)nc2c1c(=O)n(C)c(=O)n2CCCC(F)(F)F. The fourth-order valence-corrected chi connectivity index (χ4v) is 3.40. The fourth-order valence-electron chi connectivity index (χ4n) is 3.40. The van der Waals surface area contributed by atoms with Gasteiger partial charge >= 0.3 is 11.9 Å². The number of imidazole rings is 1. The van der Waals surface area contributed by atoms with E-state index in [-0.39, 0.29) is 30.7 Å². The monoisotopic (exact) mass is 412 g/mol. The van der Waals surface area contributed by atoms with Crippen LogP contribution in [0.2, 0.25) is 0 Å². The predicted octanol–water partition coefficient (Wildman–Crippen LogP) is 0.672. The Labute approximate surface area is 164 Å². The zero-order valence-electron chi connectivity index (χ0n) is 16.3. The van der Waals surface area contributed by atoms with Crippen LogP contribution < -0.4 is 21.5 Å². The molecule has 11 heteroatoms. The van der Waals surface area contributed by atoms with Crippen molar-refractivity contribution >= 4 is 17.1 Å². The number of hydrogen-bond acceptors (Lipinski definition) is 5.